The van der Waals surface area contributed by atoms with Gasteiger partial charge in [0, 0.05) is 30.0 Å². The van der Waals surface area contributed by atoms with Gasteiger partial charge in [-0.25, -0.2) is 19.7 Å². The first kappa shape index (κ1) is 26.6. The molecule has 1 aliphatic carbocycles. The van der Waals surface area contributed by atoms with Crippen molar-refractivity contribution in [3.8, 4) is 11.4 Å². The Balaban J connectivity index is 1.69. The number of imidazole rings is 1. The molecular formula is C28H29F3N6O2. The van der Waals surface area contributed by atoms with Crippen molar-refractivity contribution in [2.24, 2.45) is 5.92 Å². The van der Waals surface area contributed by atoms with Crippen molar-refractivity contribution in [3.05, 3.63) is 65.2 Å². The standard InChI is InChI=1S/C28H29F3N6O2/c1-15(2)21-13-19(11-12-32-21)26-36-24-22(37(26)14-17-7-9-20(10-8-17)28(29,30)31)23(34-25(35-24)27(38)39)33-16(3)18-5-4-6-18/h7-13,15-16,18H,4-6,14H2,1-3H3,(H,38,39)(H,33,34,35)/t16-/m1/s1. The van der Waals surface area contributed by atoms with Gasteiger partial charge in [-0.15, -0.1) is 0 Å². The summed E-state index contributed by atoms with van der Waals surface area (Å²) >= 11 is 0. The summed E-state index contributed by atoms with van der Waals surface area (Å²) in [7, 11) is 0. The van der Waals surface area contributed by atoms with Crippen molar-refractivity contribution in [2.45, 2.75) is 64.7 Å². The van der Waals surface area contributed by atoms with Gasteiger partial charge in [0.1, 0.15) is 11.3 Å². The maximum absolute atomic E-state index is 13.2. The first-order chi connectivity index (χ1) is 18.5. The van der Waals surface area contributed by atoms with Crippen LogP contribution in [-0.4, -0.2) is 41.6 Å². The van der Waals surface area contributed by atoms with E-state index in [1.165, 1.54) is 12.1 Å². The fourth-order valence-electron chi connectivity index (χ4n) is 4.76. The van der Waals surface area contributed by atoms with Crippen LogP contribution in [0.4, 0.5) is 19.0 Å². The predicted molar refractivity (Wildman–Crippen MR) is 141 cm³/mol. The van der Waals surface area contributed by atoms with Gasteiger partial charge in [0.2, 0.25) is 5.82 Å². The molecule has 39 heavy (non-hydrogen) atoms. The number of fused-ring (bicyclic) bond motifs is 1. The first-order valence-corrected chi connectivity index (χ1v) is 12.9. The number of hydrogen-bond donors (Lipinski definition) is 2. The fourth-order valence-corrected chi connectivity index (χ4v) is 4.76. The number of nitrogens with one attached hydrogen (secondary N) is 1. The van der Waals surface area contributed by atoms with Crippen molar-refractivity contribution < 1.29 is 23.1 Å². The van der Waals surface area contributed by atoms with E-state index in [9.17, 15) is 23.1 Å². The van der Waals surface area contributed by atoms with Crippen LogP contribution in [-0.2, 0) is 12.7 Å². The Morgan fingerprint density at radius 1 is 1.10 bits per heavy atom. The van der Waals surface area contributed by atoms with E-state index in [4.69, 9.17) is 4.98 Å². The third-order valence-corrected chi connectivity index (χ3v) is 7.27. The molecular weight excluding hydrogens is 509 g/mol. The van der Waals surface area contributed by atoms with Crippen molar-refractivity contribution in [3.63, 3.8) is 0 Å². The van der Waals surface area contributed by atoms with E-state index >= 15 is 0 Å². The molecule has 0 bridgehead atoms. The van der Waals surface area contributed by atoms with Gasteiger partial charge in [0.15, 0.2) is 11.5 Å². The summed E-state index contributed by atoms with van der Waals surface area (Å²) < 4.78 is 41.4. The van der Waals surface area contributed by atoms with Crippen LogP contribution < -0.4 is 5.32 Å². The van der Waals surface area contributed by atoms with Gasteiger partial charge in [-0.1, -0.05) is 32.4 Å². The van der Waals surface area contributed by atoms with Gasteiger partial charge >= 0.3 is 12.1 Å². The second-order valence-electron chi connectivity index (χ2n) is 10.3. The second-order valence-corrected chi connectivity index (χ2v) is 10.3. The lowest BCUT2D eigenvalue weighted by Gasteiger charge is -2.32. The molecule has 3 aromatic heterocycles. The number of pyridine rings is 1. The van der Waals surface area contributed by atoms with E-state index in [0.29, 0.717) is 28.6 Å². The molecule has 204 valence electrons. The van der Waals surface area contributed by atoms with Gasteiger partial charge < -0.3 is 15.0 Å². The summed E-state index contributed by atoms with van der Waals surface area (Å²) in [6, 6.07) is 8.70. The average molecular weight is 539 g/mol. The number of benzene rings is 1. The van der Waals surface area contributed by atoms with E-state index in [0.717, 1.165) is 42.7 Å². The number of anilines is 1. The van der Waals surface area contributed by atoms with Crippen LogP contribution in [0.15, 0.2) is 42.6 Å². The SMILES string of the molecule is CC(C)c1cc(-c2nc3nc(C(=O)O)nc(N[C@H](C)C4CCC4)c3n2Cc2ccc(C(F)(F)F)cc2)ccn1. The number of carbonyl (C=O) groups is 1. The highest BCUT2D eigenvalue weighted by Crippen LogP contribution is 2.35. The largest absolute Gasteiger partial charge is 0.475 e. The van der Waals surface area contributed by atoms with Crippen LogP contribution >= 0.6 is 0 Å². The number of carboxylic acids is 1. The lowest BCUT2D eigenvalue weighted by molar-refractivity contribution is -0.137. The van der Waals surface area contributed by atoms with Crippen LogP contribution in [0.5, 0.6) is 0 Å². The number of hydrogen-bond acceptors (Lipinski definition) is 6. The molecule has 0 aliphatic heterocycles. The molecule has 8 nitrogen and oxygen atoms in total. The number of halogens is 3. The Bertz CT molecular complexity index is 1510. The average Bonchev–Trinajstić information content (AvgIpc) is 3.21. The first-order valence-electron chi connectivity index (χ1n) is 12.9. The van der Waals surface area contributed by atoms with E-state index in [-0.39, 0.29) is 30.0 Å². The molecule has 1 aliphatic rings. The lowest BCUT2D eigenvalue weighted by atomic mass is 9.80. The number of alkyl halides is 3. The van der Waals surface area contributed by atoms with Gasteiger partial charge in [-0.3, -0.25) is 4.98 Å². The maximum atomic E-state index is 13.2. The molecule has 0 saturated heterocycles. The predicted octanol–water partition coefficient (Wildman–Crippen LogP) is 6.38. The zero-order valence-electron chi connectivity index (χ0n) is 21.8. The minimum Gasteiger partial charge on any atom is -0.475 e. The highest BCUT2D eigenvalue weighted by atomic mass is 19.4. The molecule has 0 unspecified atom stereocenters. The van der Waals surface area contributed by atoms with Crippen LogP contribution in [0.25, 0.3) is 22.6 Å². The molecule has 4 aromatic rings. The minimum atomic E-state index is -4.44. The van der Waals surface area contributed by atoms with E-state index in [1.54, 1.807) is 12.3 Å². The van der Waals surface area contributed by atoms with E-state index in [1.807, 2.05) is 31.4 Å². The Morgan fingerprint density at radius 2 is 1.82 bits per heavy atom. The number of carboxylic acid groups (broad SMARTS) is 1. The molecule has 1 fully saturated rings. The zero-order chi connectivity index (χ0) is 27.9. The number of nitrogens with zero attached hydrogens (tertiary/aromatic N) is 5. The highest BCUT2D eigenvalue weighted by molar-refractivity contribution is 5.92. The molecule has 1 saturated carbocycles. The Morgan fingerprint density at radius 3 is 2.41 bits per heavy atom. The molecule has 5 rings (SSSR count). The van der Waals surface area contributed by atoms with Crippen molar-refractivity contribution >= 4 is 23.0 Å². The number of aromatic carboxylic acids is 1. The molecule has 0 spiro atoms. The summed E-state index contributed by atoms with van der Waals surface area (Å²) in [4.78, 5) is 29.6. The minimum absolute atomic E-state index is 0.0323. The summed E-state index contributed by atoms with van der Waals surface area (Å²) in [6.07, 6.45) is 0.523. The van der Waals surface area contributed by atoms with Gasteiger partial charge in [-0.2, -0.15) is 13.2 Å². The fraction of sp³-hybridized carbons (Fsp3) is 0.393. The molecule has 3 heterocycles. The van der Waals surface area contributed by atoms with Crippen molar-refractivity contribution in [1.29, 1.82) is 0 Å². The van der Waals surface area contributed by atoms with E-state index < -0.39 is 17.7 Å². The quantitative estimate of drug-likeness (QED) is 0.268. The summed E-state index contributed by atoms with van der Waals surface area (Å²) in [5.41, 5.74) is 2.13. The summed E-state index contributed by atoms with van der Waals surface area (Å²) in [5.74, 6) is -0.249. The molecule has 1 aromatic carbocycles. The van der Waals surface area contributed by atoms with Gasteiger partial charge in [0.05, 0.1) is 5.56 Å². The second kappa shape index (κ2) is 10.3. The van der Waals surface area contributed by atoms with Crippen molar-refractivity contribution in [2.75, 3.05) is 5.32 Å². The summed E-state index contributed by atoms with van der Waals surface area (Å²) in [6.45, 7) is 6.25. The lowest BCUT2D eigenvalue weighted by Crippen LogP contribution is -2.31. The molecule has 0 radical (unpaired) electrons. The van der Waals surface area contributed by atoms with Crippen LogP contribution in [0.3, 0.4) is 0 Å². The highest BCUT2D eigenvalue weighted by Gasteiger charge is 2.30. The molecule has 2 N–H and O–H groups in total. The normalized spacial score (nSPS) is 14.9. The topological polar surface area (TPSA) is 106 Å². The van der Waals surface area contributed by atoms with Crippen molar-refractivity contribution in [1.82, 2.24) is 24.5 Å². The van der Waals surface area contributed by atoms with Gasteiger partial charge in [0.25, 0.3) is 0 Å². The molecule has 0 amide bonds. The Kier molecular flexibility index (Phi) is 7.00. The molecule has 1 atom stereocenters. The zero-order valence-corrected chi connectivity index (χ0v) is 21.8. The number of aromatic nitrogens is 5. The Labute approximate surface area is 223 Å². The van der Waals surface area contributed by atoms with Crippen LogP contribution in [0.2, 0.25) is 0 Å². The monoisotopic (exact) mass is 538 g/mol. The van der Waals surface area contributed by atoms with Crippen LogP contribution in [0, 0.1) is 5.92 Å². The third kappa shape index (κ3) is 5.43. The van der Waals surface area contributed by atoms with Crippen LogP contribution in [0.1, 0.15) is 73.4 Å². The van der Waals surface area contributed by atoms with E-state index in [2.05, 4.69) is 20.3 Å². The Hall–Kier alpha value is -4.02. The van der Waals surface area contributed by atoms with Gasteiger partial charge in [-0.05, 0) is 61.4 Å². The maximum Gasteiger partial charge on any atom is 0.416 e. The summed E-state index contributed by atoms with van der Waals surface area (Å²) in [5, 5.41) is 13.1. The third-order valence-electron chi connectivity index (χ3n) is 7.27. The number of rotatable bonds is 8. The smallest absolute Gasteiger partial charge is 0.416 e. The molecule has 11 heteroatoms.